The molecule has 0 unspecified atom stereocenters. The lowest BCUT2D eigenvalue weighted by atomic mass is 10.1. The van der Waals surface area contributed by atoms with Crippen LogP contribution in [0.4, 0.5) is 17.1 Å². The van der Waals surface area contributed by atoms with Crippen molar-refractivity contribution < 1.29 is 33.4 Å². The molecule has 1 aromatic heterocycles. The van der Waals surface area contributed by atoms with Crippen LogP contribution in [-0.4, -0.2) is 6.54 Å². The number of thioether (sulfide) groups is 1. The van der Waals surface area contributed by atoms with Crippen molar-refractivity contribution in [2.75, 3.05) is 16.3 Å². The Kier molecular flexibility index (Phi) is 11.3. The molecule has 1 aliphatic carbocycles. The van der Waals surface area contributed by atoms with Crippen LogP contribution in [0.25, 0.3) is 37.8 Å². The standard InChI is InChI=1S/C47H40N3S2.ClHO4/c1-3-48-43(51-41-29-25-33-15-11-13-21-39(33)46(41)48)31-27-35-23-24-36(45(35)50(37-17-7-5-8-18-37)38-19-9-6-10-20-38)28-32-44-49(4-2)47-40-22-14-12-16-34(40)26-30-42(47)52-44;2-1(3,4)5/h5-22,25-32H,3-4,23-24H2,1-2H3;(H,2,3,4,5)/q+1;/p-1. The van der Waals surface area contributed by atoms with Gasteiger partial charge < -0.3 is 9.80 Å². The maximum absolute atomic E-state index is 8.49. The number of allylic oxidation sites excluding steroid dienone is 5. The lowest BCUT2D eigenvalue weighted by Crippen LogP contribution is -2.68. The summed E-state index contributed by atoms with van der Waals surface area (Å²) in [6, 6.07) is 48.3. The summed E-state index contributed by atoms with van der Waals surface area (Å²) in [5.74, 6) is 0. The van der Waals surface area contributed by atoms with E-state index in [9.17, 15) is 0 Å². The van der Waals surface area contributed by atoms with Crippen LogP contribution in [-0.2, 0) is 6.54 Å². The Morgan fingerprint density at radius 3 is 1.93 bits per heavy atom. The average molecular weight is 810 g/mol. The van der Waals surface area contributed by atoms with Crippen LogP contribution in [0, 0.1) is 10.2 Å². The zero-order valence-electron chi connectivity index (χ0n) is 31.5. The highest BCUT2D eigenvalue weighted by Crippen LogP contribution is 2.50. The molecule has 1 aliphatic heterocycles. The van der Waals surface area contributed by atoms with Gasteiger partial charge in [-0.3, -0.25) is 0 Å². The minimum Gasteiger partial charge on any atom is -0.335 e. The van der Waals surface area contributed by atoms with Crippen LogP contribution >= 0.6 is 23.1 Å². The number of aryl methyl sites for hydroxylation is 1. The van der Waals surface area contributed by atoms with Gasteiger partial charge in [0.1, 0.15) is 11.2 Å². The Morgan fingerprint density at radius 1 is 0.684 bits per heavy atom. The van der Waals surface area contributed by atoms with Crippen LogP contribution in [0.1, 0.15) is 31.7 Å². The predicted molar refractivity (Wildman–Crippen MR) is 225 cm³/mol. The first-order valence-electron chi connectivity index (χ1n) is 18.9. The Hall–Kier alpha value is -5.23. The summed E-state index contributed by atoms with van der Waals surface area (Å²) < 4.78 is 37.8. The molecular weight excluding hydrogens is 770 g/mol. The normalized spacial score (nSPS) is 15.7. The van der Waals surface area contributed by atoms with E-state index in [0.717, 1.165) is 37.3 Å². The van der Waals surface area contributed by atoms with E-state index in [4.69, 9.17) is 18.6 Å². The minimum atomic E-state index is -4.94. The fourth-order valence-corrected chi connectivity index (χ4v) is 10.1. The van der Waals surface area contributed by atoms with Crippen molar-refractivity contribution in [1.29, 1.82) is 0 Å². The number of anilines is 3. The molecule has 0 bridgehead atoms. The summed E-state index contributed by atoms with van der Waals surface area (Å²) in [7, 11) is -4.94. The van der Waals surface area contributed by atoms with Gasteiger partial charge in [0.05, 0.1) is 21.8 Å². The van der Waals surface area contributed by atoms with Crippen molar-refractivity contribution in [3.63, 3.8) is 0 Å². The van der Waals surface area contributed by atoms with Crippen LogP contribution < -0.4 is 33.0 Å². The molecule has 0 spiro atoms. The van der Waals surface area contributed by atoms with Gasteiger partial charge in [-0.15, -0.1) is 10.2 Å². The third-order valence-corrected chi connectivity index (χ3v) is 12.5. The SMILES string of the molecule is CCN1/C(=C\C=C2/CCC(/C=C/c3sc4ccc5ccccc5c4[n+]3CC)=C2N(c2ccccc2)c2ccccc2)Sc2ccc3ccccc3c21.[O-][Cl+3]([O-])([O-])[O-]. The highest BCUT2D eigenvalue weighted by atomic mass is 35.7. The predicted octanol–water partition coefficient (Wildman–Crippen LogP) is 8.06. The number of aromatic nitrogens is 1. The van der Waals surface area contributed by atoms with Gasteiger partial charge >= 0.3 is 0 Å². The maximum Gasteiger partial charge on any atom is 0.262 e. The summed E-state index contributed by atoms with van der Waals surface area (Å²) in [6.07, 6.45) is 11.5. The molecule has 0 saturated heterocycles. The molecule has 2 heterocycles. The van der Waals surface area contributed by atoms with Crippen molar-refractivity contribution >= 4 is 78.0 Å². The van der Waals surface area contributed by atoms with E-state index < -0.39 is 10.2 Å². The van der Waals surface area contributed by atoms with Crippen molar-refractivity contribution in [1.82, 2.24) is 0 Å². The van der Waals surface area contributed by atoms with Crippen molar-refractivity contribution in [3.8, 4) is 0 Å². The summed E-state index contributed by atoms with van der Waals surface area (Å²) in [5.41, 5.74) is 8.96. The fraction of sp³-hybridized carbons (Fsp3) is 0.128. The van der Waals surface area contributed by atoms with Crippen LogP contribution in [0.15, 0.2) is 178 Å². The maximum atomic E-state index is 8.49. The van der Waals surface area contributed by atoms with Gasteiger partial charge in [0.15, 0.2) is 0 Å². The van der Waals surface area contributed by atoms with E-state index in [-0.39, 0.29) is 0 Å². The lowest BCUT2D eigenvalue weighted by Gasteiger charge is -2.28. The monoisotopic (exact) mass is 809 g/mol. The zero-order valence-corrected chi connectivity index (χ0v) is 33.9. The number of thiazole rings is 1. The van der Waals surface area contributed by atoms with Crippen LogP contribution in [0.5, 0.6) is 0 Å². The van der Waals surface area contributed by atoms with Gasteiger partial charge in [-0.05, 0) is 103 Å². The molecule has 286 valence electrons. The highest BCUT2D eigenvalue weighted by Gasteiger charge is 2.29. The number of para-hydroxylation sites is 2. The van der Waals surface area contributed by atoms with Crippen molar-refractivity contribution in [2.24, 2.45) is 0 Å². The molecule has 0 amide bonds. The molecule has 6 aromatic carbocycles. The molecule has 9 rings (SSSR count). The van der Waals surface area contributed by atoms with Crippen molar-refractivity contribution in [3.05, 3.63) is 179 Å². The second-order valence-electron chi connectivity index (χ2n) is 13.6. The Morgan fingerprint density at radius 2 is 1.28 bits per heavy atom. The highest BCUT2D eigenvalue weighted by molar-refractivity contribution is 8.03. The quantitative estimate of drug-likeness (QED) is 0.143. The molecule has 0 radical (unpaired) electrons. The number of fused-ring (bicyclic) bond motifs is 6. The average Bonchev–Trinajstić information content (AvgIpc) is 3.92. The zero-order chi connectivity index (χ0) is 39.5. The van der Waals surface area contributed by atoms with Gasteiger partial charge in [0.2, 0.25) is 5.52 Å². The molecule has 10 heteroatoms. The third kappa shape index (κ3) is 8.14. The first kappa shape index (κ1) is 38.6. The van der Waals surface area contributed by atoms with E-state index in [2.05, 4.69) is 186 Å². The summed E-state index contributed by atoms with van der Waals surface area (Å²) >= 11 is 3.76. The summed E-state index contributed by atoms with van der Waals surface area (Å²) in [6.45, 7) is 6.35. The Balaban J connectivity index is 0.000000859. The fourth-order valence-electron chi connectivity index (χ4n) is 7.85. The van der Waals surface area contributed by atoms with Gasteiger partial charge in [-0.25, -0.2) is 18.6 Å². The van der Waals surface area contributed by atoms with Gasteiger partial charge in [0.25, 0.3) is 5.01 Å². The topological polar surface area (TPSA) is 103 Å². The summed E-state index contributed by atoms with van der Waals surface area (Å²) in [4.78, 5) is 6.27. The first-order valence-corrected chi connectivity index (χ1v) is 21.7. The second kappa shape index (κ2) is 16.7. The van der Waals surface area contributed by atoms with Crippen LogP contribution in [0.2, 0.25) is 0 Å². The minimum absolute atomic E-state index is 0.918. The van der Waals surface area contributed by atoms with Gasteiger partial charge in [-0.1, -0.05) is 120 Å². The smallest absolute Gasteiger partial charge is 0.262 e. The first-order chi connectivity index (χ1) is 27.7. The largest absolute Gasteiger partial charge is 0.335 e. The van der Waals surface area contributed by atoms with Gasteiger partial charge in [0, 0.05) is 34.3 Å². The number of hydrogen-bond donors (Lipinski definition) is 0. The molecule has 0 atom stereocenters. The number of nitrogens with zero attached hydrogens (tertiary/aromatic N) is 3. The number of hydrogen-bond acceptors (Lipinski definition) is 8. The number of benzene rings is 6. The Labute approximate surface area is 342 Å². The van der Waals surface area contributed by atoms with E-state index in [1.165, 1.54) is 69.2 Å². The Bertz CT molecular complexity index is 2660. The second-order valence-corrected chi connectivity index (χ2v) is 16.5. The van der Waals surface area contributed by atoms with Gasteiger partial charge in [-0.2, -0.15) is 4.57 Å². The van der Waals surface area contributed by atoms with E-state index in [1.54, 1.807) is 0 Å². The van der Waals surface area contributed by atoms with Crippen LogP contribution in [0.3, 0.4) is 0 Å². The summed E-state index contributed by atoms with van der Waals surface area (Å²) in [5, 5.41) is 7.76. The lowest BCUT2D eigenvalue weighted by molar-refractivity contribution is -2.00. The molecule has 0 fully saturated rings. The molecule has 7 aromatic rings. The third-order valence-electron chi connectivity index (χ3n) is 10.2. The molecule has 2 aliphatic rings. The van der Waals surface area contributed by atoms with E-state index >= 15 is 0 Å². The van der Waals surface area contributed by atoms with E-state index in [0.29, 0.717) is 0 Å². The molecule has 57 heavy (non-hydrogen) atoms. The van der Waals surface area contributed by atoms with Crippen molar-refractivity contribution in [2.45, 2.75) is 38.1 Å². The van der Waals surface area contributed by atoms with E-state index in [1.807, 2.05) is 23.1 Å². The molecule has 0 saturated carbocycles. The molecule has 0 N–H and O–H groups in total. The number of rotatable bonds is 8. The molecule has 7 nitrogen and oxygen atoms in total. The molecular formula is C47H40ClN3O4S2. The number of halogens is 1.